The minimum absolute atomic E-state index is 0.248. The van der Waals surface area contributed by atoms with Gasteiger partial charge in [-0.1, -0.05) is 12.8 Å². The first-order valence-electron chi connectivity index (χ1n) is 5.32. The first kappa shape index (κ1) is 10.6. The van der Waals surface area contributed by atoms with Crippen LogP contribution in [0.5, 0.6) is 0 Å². The summed E-state index contributed by atoms with van der Waals surface area (Å²) in [6, 6.07) is 2.15. The van der Waals surface area contributed by atoms with Gasteiger partial charge < -0.3 is 11.5 Å². The van der Waals surface area contributed by atoms with E-state index in [1.54, 1.807) is 11.3 Å². The molecule has 0 saturated heterocycles. The molecule has 0 spiro atoms. The van der Waals surface area contributed by atoms with Crippen LogP contribution in [0.2, 0.25) is 0 Å². The lowest BCUT2D eigenvalue weighted by Gasteiger charge is -2.27. The molecule has 1 fully saturated rings. The van der Waals surface area contributed by atoms with Crippen molar-refractivity contribution in [3.63, 3.8) is 0 Å². The Labute approximate surface area is 93.5 Å². The van der Waals surface area contributed by atoms with E-state index < -0.39 is 0 Å². The maximum atomic E-state index is 11.0. The monoisotopic (exact) mass is 224 g/mol. The predicted molar refractivity (Wildman–Crippen MR) is 62.0 cm³/mol. The van der Waals surface area contributed by atoms with Crippen molar-refractivity contribution in [3.05, 3.63) is 21.9 Å². The molecule has 1 saturated carbocycles. The zero-order valence-corrected chi connectivity index (χ0v) is 9.43. The van der Waals surface area contributed by atoms with E-state index >= 15 is 0 Å². The molecule has 1 heterocycles. The van der Waals surface area contributed by atoms with Crippen LogP contribution < -0.4 is 11.5 Å². The van der Waals surface area contributed by atoms with E-state index in [0.29, 0.717) is 11.5 Å². The zero-order valence-electron chi connectivity index (χ0n) is 8.61. The lowest BCUT2D eigenvalue weighted by Crippen LogP contribution is -2.30. The Bertz CT molecular complexity index is 361. The summed E-state index contributed by atoms with van der Waals surface area (Å²) in [7, 11) is 0. The highest BCUT2D eigenvalue weighted by atomic mass is 32.1. The van der Waals surface area contributed by atoms with E-state index in [2.05, 4.69) is 0 Å². The first-order chi connectivity index (χ1) is 7.18. The number of primary amides is 1. The molecule has 4 heteroatoms. The van der Waals surface area contributed by atoms with E-state index in [0.717, 1.165) is 12.8 Å². The van der Waals surface area contributed by atoms with E-state index in [4.69, 9.17) is 11.5 Å². The number of hydrogen-bond donors (Lipinski definition) is 2. The van der Waals surface area contributed by atoms with Crippen molar-refractivity contribution in [3.8, 4) is 0 Å². The maximum Gasteiger partial charge on any atom is 0.249 e. The molecule has 1 aliphatic carbocycles. The molecule has 3 nitrogen and oxygen atoms in total. The number of rotatable bonds is 2. The van der Waals surface area contributed by atoms with Crippen LogP contribution in [0.15, 0.2) is 11.4 Å². The van der Waals surface area contributed by atoms with Gasteiger partial charge in [0.2, 0.25) is 5.91 Å². The Kier molecular flexibility index (Phi) is 3.07. The van der Waals surface area contributed by atoms with Crippen LogP contribution in [0.4, 0.5) is 0 Å². The topological polar surface area (TPSA) is 69.1 Å². The average molecular weight is 224 g/mol. The molecule has 0 radical (unpaired) electrons. The van der Waals surface area contributed by atoms with Crippen molar-refractivity contribution < 1.29 is 4.79 Å². The van der Waals surface area contributed by atoms with Crippen LogP contribution in [0, 0.1) is 0 Å². The fourth-order valence-electron chi connectivity index (χ4n) is 2.19. The second-order valence-corrected chi connectivity index (χ2v) is 5.10. The van der Waals surface area contributed by atoms with E-state index in [1.807, 2.05) is 11.4 Å². The maximum absolute atomic E-state index is 11.0. The molecule has 0 aromatic carbocycles. The van der Waals surface area contributed by atoms with Gasteiger partial charge in [0.1, 0.15) is 0 Å². The standard InChI is InChI=1S/C11H16N2OS/c12-9-4-2-1-3-8(9)10-5-7(6-15-10)11(13)14/h5-6,8-9H,1-4,12H2,(H2,13,14). The van der Waals surface area contributed by atoms with E-state index in [1.165, 1.54) is 17.7 Å². The molecule has 2 rings (SSSR count). The molecule has 0 aliphatic heterocycles. The summed E-state index contributed by atoms with van der Waals surface area (Å²) in [5.41, 5.74) is 11.9. The third kappa shape index (κ3) is 2.21. The van der Waals surface area contributed by atoms with Crippen LogP contribution in [0.25, 0.3) is 0 Å². The molecule has 0 bridgehead atoms. The van der Waals surface area contributed by atoms with Gasteiger partial charge in [-0.15, -0.1) is 11.3 Å². The molecule has 1 aliphatic rings. The number of nitrogens with two attached hydrogens (primary N) is 2. The quantitative estimate of drug-likeness (QED) is 0.804. The van der Waals surface area contributed by atoms with Crippen molar-refractivity contribution >= 4 is 17.2 Å². The molecule has 1 aromatic rings. The molecule has 2 atom stereocenters. The van der Waals surface area contributed by atoms with Crippen molar-refractivity contribution in [1.82, 2.24) is 0 Å². The highest BCUT2D eigenvalue weighted by Gasteiger charge is 2.24. The molecular formula is C11H16N2OS. The second kappa shape index (κ2) is 4.33. The van der Waals surface area contributed by atoms with Crippen molar-refractivity contribution in [1.29, 1.82) is 0 Å². The fraction of sp³-hybridized carbons (Fsp3) is 0.545. The Balaban J connectivity index is 2.17. The number of thiophene rings is 1. The summed E-state index contributed by atoms with van der Waals surface area (Å²) in [6.45, 7) is 0. The second-order valence-electron chi connectivity index (χ2n) is 4.16. The summed E-state index contributed by atoms with van der Waals surface area (Å²) in [4.78, 5) is 12.2. The summed E-state index contributed by atoms with van der Waals surface area (Å²) >= 11 is 1.61. The molecule has 15 heavy (non-hydrogen) atoms. The number of hydrogen-bond acceptors (Lipinski definition) is 3. The van der Waals surface area contributed by atoms with Crippen LogP contribution in [-0.4, -0.2) is 11.9 Å². The van der Waals surface area contributed by atoms with Crippen molar-refractivity contribution in [2.75, 3.05) is 0 Å². The molecule has 1 amide bonds. The Morgan fingerprint density at radius 1 is 1.40 bits per heavy atom. The SMILES string of the molecule is NC(=O)c1csc(C2CCCCC2N)c1. The molecule has 82 valence electrons. The third-order valence-electron chi connectivity index (χ3n) is 3.09. The number of carbonyl (C=O) groups excluding carboxylic acids is 1. The number of amides is 1. The summed E-state index contributed by atoms with van der Waals surface area (Å²) in [5, 5.41) is 1.83. The molecular weight excluding hydrogens is 208 g/mol. The van der Waals surface area contributed by atoms with Crippen molar-refractivity contribution in [2.45, 2.75) is 37.6 Å². The zero-order chi connectivity index (χ0) is 10.8. The first-order valence-corrected chi connectivity index (χ1v) is 6.20. The van der Waals surface area contributed by atoms with Gasteiger partial charge in [-0.2, -0.15) is 0 Å². The normalized spacial score (nSPS) is 26.5. The van der Waals surface area contributed by atoms with Gasteiger partial charge >= 0.3 is 0 Å². The van der Waals surface area contributed by atoms with Crippen LogP contribution >= 0.6 is 11.3 Å². The van der Waals surface area contributed by atoms with Crippen LogP contribution in [0.3, 0.4) is 0 Å². The average Bonchev–Trinajstić information content (AvgIpc) is 2.67. The summed E-state index contributed by atoms with van der Waals surface area (Å²) in [6.07, 6.45) is 4.70. The minimum Gasteiger partial charge on any atom is -0.366 e. The largest absolute Gasteiger partial charge is 0.366 e. The van der Waals surface area contributed by atoms with Crippen LogP contribution in [-0.2, 0) is 0 Å². The fourth-order valence-corrected chi connectivity index (χ4v) is 3.30. The van der Waals surface area contributed by atoms with Gasteiger partial charge in [-0.05, 0) is 18.9 Å². The third-order valence-corrected chi connectivity index (χ3v) is 4.15. The molecule has 4 N–H and O–H groups in total. The Hall–Kier alpha value is -0.870. The van der Waals surface area contributed by atoms with Crippen molar-refractivity contribution in [2.24, 2.45) is 11.5 Å². The molecule has 1 aromatic heterocycles. The summed E-state index contributed by atoms with van der Waals surface area (Å²) < 4.78 is 0. The van der Waals surface area contributed by atoms with Crippen LogP contribution in [0.1, 0.15) is 46.8 Å². The Morgan fingerprint density at radius 2 is 2.13 bits per heavy atom. The van der Waals surface area contributed by atoms with Gasteiger partial charge in [0.05, 0.1) is 5.56 Å². The predicted octanol–water partition coefficient (Wildman–Crippen LogP) is 1.83. The molecule has 2 unspecified atom stereocenters. The van der Waals surface area contributed by atoms with Gasteiger partial charge in [0, 0.05) is 22.2 Å². The highest BCUT2D eigenvalue weighted by molar-refractivity contribution is 7.10. The van der Waals surface area contributed by atoms with Gasteiger partial charge in [0.25, 0.3) is 0 Å². The smallest absolute Gasteiger partial charge is 0.249 e. The Morgan fingerprint density at radius 3 is 2.73 bits per heavy atom. The van der Waals surface area contributed by atoms with E-state index in [9.17, 15) is 4.79 Å². The lowest BCUT2D eigenvalue weighted by molar-refractivity contribution is 0.100. The van der Waals surface area contributed by atoms with Gasteiger partial charge in [-0.25, -0.2) is 0 Å². The van der Waals surface area contributed by atoms with Gasteiger partial charge in [-0.3, -0.25) is 4.79 Å². The van der Waals surface area contributed by atoms with E-state index in [-0.39, 0.29) is 11.9 Å². The number of carbonyl (C=O) groups is 1. The summed E-state index contributed by atoms with van der Waals surface area (Å²) in [5.74, 6) is 0.0822. The van der Waals surface area contributed by atoms with Gasteiger partial charge in [0.15, 0.2) is 0 Å². The lowest BCUT2D eigenvalue weighted by atomic mass is 9.84. The highest BCUT2D eigenvalue weighted by Crippen LogP contribution is 2.35. The minimum atomic E-state index is -0.345.